The number of amides is 2. The maximum absolute atomic E-state index is 12.0. The highest BCUT2D eigenvalue weighted by Gasteiger charge is 2.13. The molecular weight excluding hydrogens is 432 g/mol. The van der Waals surface area contributed by atoms with Crippen LogP contribution in [0.15, 0.2) is 67.0 Å². The molecule has 0 aliphatic rings. The molecule has 0 aliphatic carbocycles. The number of anilines is 2. The van der Waals surface area contributed by atoms with Crippen molar-refractivity contribution in [3.63, 3.8) is 0 Å². The summed E-state index contributed by atoms with van der Waals surface area (Å²) in [5, 5.41) is 15.7. The largest absolute Gasteiger partial charge is 0.363 e. The number of benzene rings is 2. The van der Waals surface area contributed by atoms with E-state index < -0.39 is 5.91 Å². The quantitative estimate of drug-likeness (QED) is 0.186. The Morgan fingerprint density at radius 1 is 1.00 bits per heavy atom. The summed E-state index contributed by atoms with van der Waals surface area (Å²) in [6.07, 6.45) is 2.16. The maximum atomic E-state index is 12.0. The summed E-state index contributed by atoms with van der Waals surface area (Å²) in [7, 11) is 0. The van der Waals surface area contributed by atoms with Crippen LogP contribution in [0.5, 0.6) is 0 Å². The topological polar surface area (TPSA) is 132 Å². The minimum atomic E-state index is -0.506. The third kappa shape index (κ3) is 5.57. The van der Waals surface area contributed by atoms with Crippen LogP contribution >= 0.6 is 0 Å². The highest BCUT2D eigenvalue weighted by atomic mass is 16.5. The van der Waals surface area contributed by atoms with Crippen molar-refractivity contribution in [3.05, 3.63) is 72.6 Å². The normalized spacial score (nSPS) is 11.7. The van der Waals surface area contributed by atoms with E-state index in [0.29, 0.717) is 12.1 Å². The summed E-state index contributed by atoms with van der Waals surface area (Å²) in [5.74, 6) is 0.0540. The number of H-pyrrole nitrogens is 1. The Kier molecular flexibility index (Phi) is 7.14. The van der Waals surface area contributed by atoms with Gasteiger partial charge < -0.3 is 15.6 Å². The third-order valence-electron chi connectivity index (χ3n) is 5.49. The Morgan fingerprint density at radius 2 is 1.74 bits per heavy atom. The smallest absolute Gasteiger partial charge is 0.243 e. The predicted octanol–water partition coefficient (Wildman–Crippen LogP) is 4.41. The van der Waals surface area contributed by atoms with Gasteiger partial charge in [0.25, 0.3) is 0 Å². The molecule has 0 aliphatic heterocycles. The molecule has 0 radical (unpaired) electrons. The number of fused-ring (bicyclic) bond motifs is 1. The van der Waals surface area contributed by atoms with Crippen molar-refractivity contribution in [1.82, 2.24) is 20.4 Å². The number of nitrogens with zero attached hydrogens (tertiary/aromatic N) is 2. The number of rotatable bonds is 9. The molecule has 2 aromatic heterocycles. The lowest BCUT2D eigenvalue weighted by Crippen LogP contribution is -2.19. The zero-order valence-corrected chi connectivity index (χ0v) is 18.7. The number of hydrogen-bond acceptors (Lipinski definition) is 6. The van der Waals surface area contributed by atoms with Crippen molar-refractivity contribution < 1.29 is 14.8 Å². The van der Waals surface area contributed by atoms with Gasteiger partial charge in [0.15, 0.2) is 0 Å². The maximum Gasteiger partial charge on any atom is 0.243 e. The standard InChI is InChI=1S/C25H26N6O3/c1-16(17-6-3-2-4-7-17)28-24-20-14-21(30-25(20)27-15-26-24)18-10-12-19(13-11-18)29-22(32)8-5-9-23(33)31-34/h2-4,6-7,10-16,34H,5,8-9H2,1H3,(H,29,32)(H,31,33)(H2,26,27,28,30). The molecule has 174 valence electrons. The van der Waals surface area contributed by atoms with Crippen LogP contribution in [0.1, 0.15) is 37.8 Å². The first kappa shape index (κ1) is 22.9. The first-order valence-corrected chi connectivity index (χ1v) is 11.0. The van der Waals surface area contributed by atoms with E-state index in [1.807, 2.05) is 48.5 Å². The van der Waals surface area contributed by atoms with Gasteiger partial charge in [-0.1, -0.05) is 42.5 Å². The van der Waals surface area contributed by atoms with Crippen LogP contribution < -0.4 is 16.1 Å². The van der Waals surface area contributed by atoms with Crippen LogP contribution in [0.4, 0.5) is 11.5 Å². The molecule has 0 spiro atoms. The fourth-order valence-corrected chi connectivity index (χ4v) is 3.66. The van der Waals surface area contributed by atoms with Crippen LogP contribution in [0.3, 0.4) is 0 Å². The lowest BCUT2D eigenvalue weighted by molar-refractivity contribution is -0.129. The van der Waals surface area contributed by atoms with E-state index in [2.05, 4.69) is 44.6 Å². The van der Waals surface area contributed by atoms with Gasteiger partial charge in [0.2, 0.25) is 11.8 Å². The van der Waals surface area contributed by atoms with Gasteiger partial charge in [-0.2, -0.15) is 0 Å². The summed E-state index contributed by atoms with van der Waals surface area (Å²) in [6, 6.07) is 19.7. The number of carbonyl (C=O) groups is 2. The van der Waals surface area contributed by atoms with Crippen molar-refractivity contribution in [1.29, 1.82) is 0 Å². The number of hydroxylamine groups is 1. The molecule has 2 amide bonds. The zero-order chi connectivity index (χ0) is 23.9. The minimum Gasteiger partial charge on any atom is -0.363 e. The molecule has 34 heavy (non-hydrogen) atoms. The highest BCUT2D eigenvalue weighted by molar-refractivity contribution is 5.93. The van der Waals surface area contributed by atoms with Crippen molar-refractivity contribution in [3.8, 4) is 11.3 Å². The van der Waals surface area contributed by atoms with E-state index in [9.17, 15) is 9.59 Å². The minimum absolute atomic E-state index is 0.0820. The molecule has 5 N–H and O–H groups in total. The van der Waals surface area contributed by atoms with Gasteiger partial charge in [-0.05, 0) is 42.7 Å². The second-order valence-corrected chi connectivity index (χ2v) is 7.96. The Balaban J connectivity index is 1.44. The van der Waals surface area contributed by atoms with Crippen molar-refractivity contribution in [2.24, 2.45) is 0 Å². The number of nitrogens with one attached hydrogen (secondary N) is 4. The number of hydrogen-bond donors (Lipinski definition) is 5. The van der Waals surface area contributed by atoms with Crippen LogP contribution in [0, 0.1) is 0 Å². The second kappa shape index (κ2) is 10.6. The zero-order valence-electron chi connectivity index (χ0n) is 18.7. The van der Waals surface area contributed by atoms with Crippen LogP contribution in [0.2, 0.25) is 0 Å². The third-order valence-corrected chi connectivity index (χ3v) is 5.49. The predicted molar refractivity (Wildman–Crippen MR) is 130 cm³/mol. The Morgan fingerprint density at radius 3 is 2.47 bits per heavy atom. The van der Waals surface area contributed by atoms with E-state index in [0.717, 1.165) is 28.1 Å². The molecule has 9 heteroatoms. The Bertz CT molecular complexity index is 1270. The molecule has 0 fully saturated rings. The summed E-state index contributed by atoms with van der Waals surface area (Å²) in [6.45, 7) is 2.09. The van der Waals surface area contributed by atoms with E-state index in [1.165, 1.54) is 11.9 Å². The monoisotopic (exact) mass is 458 g/mol. The molecule has 1 unspecified atom stereocenters. The number of aromatic nitrogens is 3. The Hall–Kier alpha value is -4.24. The van der Waals surface area contributed by atoms with Gasteiger partial charge in [0, 0.05) is 30.3 Å². The van der Waals surface area contributed by atoms with Gasteiger partial charge >= 0.3 is 0 Å². The van der Waals surface area contributed by atoms with Gasteiger partial charge in [-0.25, -0.2) is 15.4 Å². The van der Waals surface area contributed by atoms with Gasteiger partial charge in [0.1, 0.15) is 17.8 Å². The summed E-state index contributed by atoms with van der Waals surface area (Å²) in [5.41, 5.74) is 5.95. The van der Waals surface area contributed by atoms with E-state index in [-0.39, 0.29) is 24.8 Å². The molecule has 0 saturated heterocycles. The van der Waals surface area contributed by atoms with Crippen LogP contribution in [0.25, 0.3) is 22.3 Å². The average molecular weight is 459 g/mol. The summed E-state index contributed by atoms with van der Waals surface area (Å²) in [4.78, 5) is 35.2. The summed E-state index contributed by atoms with van der Waals surface area (Å²) < 4.78 is 0. The molecule has 0 saturated carbocycles. The number of aromatic amines is 1. The van der Waals surface area contributed by atoms with E-state index >= 15 is 0 Å². The number of carbonyl (C=O) groups excluding carboxylic acids is 2. The molecule has 2 aromatic carbocycles. The molecular formula is C25H26N6O3. The fourth-order valence-electron chi connectivity index (χ4n) is 3.66. The molecule has 0 bridgehead atoms. The first-order valence-electron chi connectivity index (χ1n) is 11.0. The first-order chi connectivity index (χ1) is 16.5. The summed E-state index contributed by atoms with van der Waals surface area (Å²) >= 11 is 0. The molecule has 2 heterocycles. The van der Waals surface area contributed by atoms with Gasteiger partial charge in [-0.3, -0.25) is 14.8 Å². The van der Waals surface area contributed by atoms with Crippen molar-refractivity contribution in [2.45, 2.75) is 32.2 Å². The van der Waals surface area contributed by atoms with E-state index in [4.69, 9.17) is 5.21 Å². The van der Waals surface area contributed by atoms with Gasteiger partial charge in [0.05, 0.1) is 5.39 Å². The average Bonchev–Trinajstić information content (AvgIpc) is 3.30. The SMILES string of the molecule is CC(Nc1ncnc2[nH]c(-c3ccc(NC(=O)CCCC(=O)NO)cc3)cc12)c1ccccc1. The second-order valence-electron chi connectivity index (χ2n) is 7.96. The fraction of sp³-hybridized carbons (Fsp3) is 0.200. The molecule has 1 atom stereocenters. The molecule has 4 aromatic rings. The molecule has 9 nitrogen and oxygen atoms in total. The Labute approximate surface area is 196 Å². The van der Waals surface area contributed by atoms with E-state index in [1.54, 1.807) is 5.48 Å². The molecule has 4 rings (SSSR count). The van der Waals surface area contributed by atoms with Crippen LogP contribution in [-0.4, -0.2) is 32.0 Å². The van der Waals surface area contributed by atoms with Crippen molar-refractivity contribution in [2.75, 3.05) is 10.6 Å². The van der Waals surface area contributed by atoms with Gasteiger partial charge in [-0.15, -0.1) is 0 Å². The lowest BCUT2D eigenvalue weighted by Gasteiger charge is -2.15. The lowest BCUT2D eigenvalue weighted by atomic mass is 10.1. The van der Waals surface area contributed by atoms with Crippen LogP contribution in [-0.2, 0) is 9.59 Å². The highest BCUT2D eigenvalue weighted by Crippen LogP contribution is 2.29. The van der Waals surface area contributed by atoms with Crippen molar-refractivity contribution >= 4 is 34.4 Å².